The van der Waals surface area contributed by atoms with E-state index in [2.05, 4.69) is 20.9 Å². The van der Waals surface area contributed by atoms with Crippen LogP contribution in [0.15, 0.2) is 76.2 Å². The van der Waals surface area contributed by atoms with Gasteiger partial charge in [0.2, 0.25) is 0 Å². The van der Waals surface area contributed by atoms with Crippen molar-refractivity contribution >= 4 is 33.7 Å². The summed E-state index contributed by atoms with van der Waals surface area (Å²) in [5.74, 6) is 1.42. The molecule has 0 aliphatic carbocycles. The maximum absolute atomic E-state index is 12.6. The fourth-order valence-electron chi connectivity index (χ4n) is 3.77. The lowest BCUT2D eigenvalue weighted by molar-refractivity contribution is 0.0724. The van der Waals surface area contributed by atoms with Crippen LogP contribution in [-0.2, 0) is 6.61 Å². The molecule has 0 atom stereocenters. The molecule has 0 N–H and O–H groups in total. The Morgan fingerprint density at radius 1 is 1.00 bits per heavy atom. The minimum absolute atomic E-state index is 0.115. The Balaban J connectivity index is 1.38. The van der Waals surface area contributed by atoms with Crippen LogP contribution in [0.1, 0.15) is 40.7 Å². The number of halogens is 1. The molecule has 1 aliphatic rings. The van der Waals surface area contributed by atoms with Gasteiger partial charge < -0.3 is 14.4 Å². The molecule has 1 heterocycles. The maximum atomic E-state index is 12.6. The predicted octanol–water partition coefficient (Wildman–Crippen LogP) is 6.41. The van der Waals surface area contributed by atoms with Gasteiger partial charge in [-0.05, 0) is 78.9 Å². The topological polar surface area (TPSA) is 51.1 Å². The van der Waals surface area contributed by atoms with Crippen LogP contribution < -0.4 is 9.47 Å². The molecule has 0 aromatic heterocycles. The van der Waals surface area contributed by atoms with Crippen molar-refractivity contribution in [2.45, 2.75) is 25.9 Å². The molecule has 1 amide bonds. The molecule has 5 nitrogen and oxygen atoms in total. The van der Waals surface area contributed by atoms with Gasteiger partial charge in [0.15, 0.2) is 11.5 Å². The Labute approximate surface area is 203 Å². The Kier molecular flexibility index (Phi) is 7.79. The van der Waals surface area contributed by atoms with Gasteiger partial charge in [0, 0.05) is 29.3 Å². The molecule has 0 unspecified atom stereocenters. The van der Waals surface area contributed by atoms with E-state index in [9.17, 15) is 4.79 Å². The summed E-state index contributed by atoms with van der Waals surface area (Å²) in [5, 5.41) is 0. The number of hydrogen-bond acceptors (Lipinski definition) is 4. The van der Waals surface area contributed by atoms with Gasteiger partial charge in [-0.25, -0.2) is 0 Å². The second-order valence-corrected chi connectivity index (χ2v) is 8.90. The molecule has 3 aromatic rings. The SMILES string of the molecule is COc1cc(C=Nc2cccc(Br)c2)ccc1OCc1ccc(C(=O)N2CCCCC2)cc1. The van der Waals surface area contributed by atoms with Crippen LogP contribution >= 0.6 is 15.9 Å². The van der Waals surface area contributed by atoms with Gasteiger partial charge in [-0.1, -0.05) is 34.1 Å². The Bertz CT molecular complexity index is 1120. The molecular weight excluding hydrogens is 480 g/mol. The fraction of sp³-hybridized carbons (Fsp3) is 0.259. The quantitative estimate of drug-likeness (QED) is 0.347. The zero-order valence-corrected chi connectivity index (χ0v) is 20.3. The number of methoxy groups -OCH3 is 1. The smallest absolute Gasteiger partial charge is 0.253 e. The molecule has 0 radical (unpaired) electrons. The molecular formula is C27H27BrN2O3. The van der Waals surface area contributed by atoms with E-state index in [1.54, 1.807) is 13.3 Å². The third-order valence-corrected chi connectivity index (χ3v) is 6.09. The first-order valence-electron chi connectivity index (χ1n) is 11.1. The summed E-state index contributed by atoms with van der Waals surface area (Å²) in [6, 6.07) is 21.2. The van der Waals surface area contributed by atoms with Crippen LogP contribution in [0.4, 0.5) is 5.69 Å². The highest BCUT2D eigenvalue weighted by atomic mass is 79.9. The summed E-state index contributed by atoms with van der Waals surface area (Å²) < 4.78 is 12.5. The van der Waals surface area contributed by atoms with E-state index in [0.29, 0.717) is 18.1 Å². The summed E-state index contributed by atoms with van der Waals surface area (Å²) in [4.78, 5) is 19.1. The molecule has 1 saturated heterocycles. The van der Waals surface area contributed by atoms with Crippen LogP contribution in [0.2, 0.25) is 0 Å². The molecule has 0 spiro atoms. The van der Waals surface area contributed by atoms with E-state index < -0.39 is 0 Å². The van der Waals surface area contributed by atoms with E-state index in [4.69, 9.17) is 9.47 Å². The number of hydrogen-bond donors (Lipinski definition) is 0. The molecule has 6 heteroatoms. The summed E-state index contributed by atoms with van der Waals surface area (Å²) in [6.45, 7) is 2.10. The van der Waals surface area contributed by atoms with Crippen LogP contribution in [0.5, 0.6) is 11.5 Å². The molecule has 1 aliphatic heterocycles. The van der Waals surface area contributed by atoms with Crippen molar-refractivity contribution in [2.24, 2.45) is 4.99 Å². The first-order valence-corrected chi connectivity index (χ1v) is 11.9. The number of rotatable bonds is 7. The van der Waals surface area contributed by atoms with E-state index in [-0.39, 0.29) is 5.91 Å². The average molecular weight is 507 g/mol. The summed E-state index contributed by atoms with van der Waals surface area (Å²) in [6.07, 6.45) is 5.19. The number of nitrogens with zero attached hydrogens (tertiary/aromatic N) is 2. The molecule has 0 bridgehead atoms. The lowest BCUT2D eigenvalue weighted by atomic mass is 10.1. The fourth-order valence-corrected chi connectivity index (χ4v) is 4.16. The first kappa shape index (κ1) is 23.1. The third kappa shape index (κ3) is 6.23. The number of piperidine rings is 1. The Morgan fingerprint density at radius 3 is 2.52 bits per heavy atom. The van der Waals surface area contributed by atoms with Gasteiger partial charge in [-0.15, -0.1) is 0 Å². The second-order valence-electron chi connectivity index (χ2n) is 7.99. The van der Waals surface area contributed by atoms with Gasteiger partial charge in [0.25, 0.3) is 5.91 Å². The van der Waals surface area contributed by atoms with Crippen molar-refractivity contribution in [3.8, 4) is 11.5 Å². The van der Waals surface area contributed by atoms with Crippen LogP contribution in [0.3, 0.4) is 0 Å². The summed E-state index contributed by atoms with van der Waals surface area (Å²) in [5.41, 5.74) is 3.51. The Hall–Kier alpha value is -3.12. The van der Waals surface area contributed by atoms with Crippen molar-refractivity contribution in [1.82, 2.24) is 4.90 Å². The number of benzene rings is 3. The number of ether oxygens (including phenoxy) is 2. The standard InChI is InChI=1S/C27H27BrN2O3/c1-32-26-16-21(18-29-24-7-5-6-23(28)17-24)10-13-25(26)33-19-20-8-11-22(12-9-20)27(31)30-14-3-2-4-15-30/h5-13,16-18H,2-4,14-15,19H2,1H3. The highest BCUT2D eigenvalue weighted by molar-refractivity contribution is 9.10. The molecule has 33 heavy (non-hydrogen) atoms. The zero-order chi connectivity index (χ0) is 23.0. The highest BCUT2D eigenvalue weighted by Crippen LogP contribution is 2.29. The van der Waals surface area contributed by atoms with E-state index in [1.165, 1.54) is 6.42 Å². The zero-order valence-electron chi connectivity index (χ0n) is 18.7. The number of aliphatic imine (C=N–C) groups is 1. The molecule has 1 fully saturated rings. The van der Waals surface area contributed by atoms with Crippen molar-refractivity contribution in [2.75, 3.05) is 20.2 Å². The van der Waals surface area contributed by atoms with Crippen LogP contribution in [0.25, 0.3) is 0 Å². The number of carbonyl (C=O) groups excluding carboxylic acids is 1. The normalized spacial score (nSPS) is 13.8. The molecule has 170 valence electrons. The van der Waals surface area contributed by atoms with Crippen molar-refractivity contribution in [1.29, 1.82) is 0 Å². The minimum atomic E-state index is 0.115. The van der Waals surface area contributed by atoms with Gasteiger partial charge in [-0.2, -0.15) is 0 Å². The van der Waals surface area contributed by atoms with Crippen molar-refractivity contribution in [3.05, 3.63) is 87.9 Å². The minimum Gasteiger partial charge on any atom is -0.493 e. The van der Waals surface area contributed by atoms with E-state index in [0.717, 1.165) is 52.8 Å². The number of likely N-dealkylation sites (tertiary alicyclic amines) is 1. The summed E-state index contributed by atoms with van der Waals surface area (Å²) >= 11 is 3.46. The van der Waals surface area contributed by atoms with Crippen molar-refractivity contribution in [3.63, 3.8) is 0 Å². The lowest BCUT2D eigenvalue weighted by Gasteiger charge is -2.26. The second kappa shape index (κ2) is 11.1. The molecule has 0 saturated carbocycles. The van der Waals surface area contributed by atoms with E-state index >= 15 is 0 Å². The highest BCUT2D eigenvalue weighted by Gasteiger charge is 2.18. The van der Waals surface area contributed by atoms with Gasteiger partial charge in [0.1, 0.15) is 6.61 Å². The largest absolute Gasteiger partial charge is 0.493 e. The average Bonchev–Trinajstić information content (AvgIpc) is 2.87. The monoisotopic (exact) mass is 506 g/mol. The number of amides is 1. The van der Waals surface area contributed by atoms with Gasteiger partial charge in [0.05, 0.1) is 12.8 Å². The van der Waals surface area contributed by atoms with Gasteiger partial charge in [-0.3, -0.25) is 9.79 Å². The number of carbonyl (C=O) groups is 1. The third-order valence-electron chi connectivity index (χ3n) is 5.60. The first-order chi connectivity index (χ1) is 16.1. The van der Waals surface area contributed by atoms with Crippen LogP contribution in [0, 0.1) is 0 Å². The van der Waals surface area contributed by atoms with E-state index in [1.807, 2.05) is 71.6 Å². The Morgan fingerprint density at radius 2 is 1.79 bits per heavy atom. The molecule has 4 rings (SSSR count). The molecule has 3 aromatic carbocycles. The van der Waals surface area contributed by atoms with Gasteiger partial charge >= 0.3 is 0 Å². The lowest BCUT2D eigenvalue weighted by Crippen LogP contribution is -2.35. The van der Waals surface area contributed by atoms with Crippen molar-refractivity contribution < 1.29 is 14.3 Å². The predicted molar refractivity (Wildman–Crippen MR) is 135 cm³/mol. The summed E-state index contributed by atoms with van der Waals surface area (Å²) in [7, 11) is 1.62. The maximum Gasteiger partial charge on any atom is 0.253 e. The van der Waals surface area contributed by atoms with Crippen LogP contribution in [-0.4, -0.2) is 37.2 Å².